The molecule has 0 bridgehead atoms. The molecule has 188 valence electrons. The third kappa shape index (κ3) is 6.64. The number of hydrogen-bond acceptors (Lipinski definition) is 5. The number of nitrogens with zero attached hydrogens (tertiary/aromatic N) is 3. The molecule has 1 N–H and O–H groups in total. The number of nitrogens with one attached hydrogen (secondary N) is 1. The highest BCUT2D eigenvalue weighted by Gasteiger charge is 2.28. The van der Waals surface area contributed by atoms with Crippen LogP contribution in [0.3, 0.4) is 0 Å². The molecule has 1 aromatic heterocycles. The Morgan fingerprint density at radius 3 is 2.51 bits per heavy atom. The van der Waals surface area contributed by atoms with E-state index in [1.807, 2.05) is 60.5 Å². The number of anilines is 1. The van der Waals surface area contributed by atoms with Gasteiger partial charge in [-0.3, -0.25) is 9.36 Å². The average Bonchev–Trinajstić information content (AvgIpc) is 2.86. The molecule has 2 amide bonds. The van der Waals surface area contributed by atoms with Gasteiger partial charge in [0.15, 0.2) is 0 Å². The first-order valence-corrected chi connectivity index (χ1v) is 13.3. The van der Waals surface area contributed by atoms with Gasteiger partial charge in [-0.25, -0.2) is 9.78 Å². The third-order valence-electron chi connectivity index (χ3n) is 6.02. The highest BCUT2D eigenvalue weighted by molar-refractivity contribution is 7.98. The van der Waals surface area contributed by atoms with Gasteiger partial charge < -0.3 is 15.0 Å². The number of ether oxygens (including phenoxy) is 1. The van der Waals surface area contributed by atoms with Gasteiger partial charge >= 0.3 is 6.03 Å². The summed E-state index contributed by atoms with van der Waals surface area (Å²) in [4.78, 5) is 34.9. The van der Waals surface area contributed by atoms with Gasteiger partial charge in [-0.05, 0) is 61.4 Å². The molecule has 0 fully saturated rings. The largest absolute Gasteiger partial charge is 0.383 e. The SMILES string of the molecule is CCC(c1nc2ccccc2c(=O)n1CCOC)N(CCC(C)C)C(=O)Nc1ccc(SC)cc1. The van der Waals surface area contributed by atoms with E-state index in [2.05, 4.69) is 19.2 Å². The van der Waals surface area contributed by atoms with Crippen LogP contribution in [0, 0.1) is 5.92 Å². The van der Waals surface area contributed by atoms with Gasteiger partial charge in [0, 0.05) is 24.2 Å². The molecule has 0 aliphatic heterocycles. The summed E-state index contributed by atoms with van der Waals surface area (Å²) in [5.74, 6) is 1.01. The number of carbonyl (C=O) groups is 1. The van der Waals surface area contributed by atoms with E-state index in [1.54, 1.807) is 29.5 Å². The third-order valence-corrected chi connectivity index (χ3v) is 6.76. The molecule has 2 aromatic carbocycles. The fraction of sp³-hybridized carbons (Fsp3) is 0.444. The van der Waals surface area contributed by atoms with Crippen molar-refractivity contribution in [3.8, 4) is 0 Å². The quantitative estimate of drug-likeness (QED) is 0.340. The maximum absolute atomic E-state index is 13.6. The van der Waals surface area contributed by atoms with E-state index < -0.39 is 0 Å². The van der Waals surface area contributed by atoms with Crippen LogP contribution in [0.1, 0.15) is 45.5 Å². The number of thioether (sulfide) groups is 1. The minimum absolute atomic E-state index is 0.113. The Balaban J connectivity index is 2.04. The number of benzene rings is 2. The number of aromatic nitrogens is 2. The van der Waals surface area contributed by atoms with Crippen molar-refractivity contribution in [1.82, 2.24) is 14.5 Å². The molecule has 0 aliphatic rings. The van der Waals surface area contributed by atoms with Crippen molar-refractivity contribution < 1.29 is 9.53 Å². The minimum Gasteiger partial charge on any atom is -0.383 e. The van der Waals surface area contributed by atoms with Gasteiger partial charge in [0.25, 0.3) is 5.56 Å². The average molecular weight is 497 g/mol. The van der Waals surface area contributed by atoms with Gasteiger partial charge in [-0.15, -0.1) is 11.8 Å². The minimum atomic E-state index is -0.367. The Labute approximate surface area is 211 Å². The lowest BCUT2D eigenvalue weighted by molar-refractivity contribution is 0.166. The second-order valence-electron chi connectivity index (χ2n) is 8.90. The number of methoxy groups -OCH3 is 1. The second kappa shape index (κ2) is 12.7. The van der Waals surface area contributed by atoms with Crippen LogP contribution in [0.5, 0.6) is 0 Å². The standard InChI is InChI=1S/C27H36N4O3S/c1-6-24(25-29-23-10-8-7-9-22(23)26(32)31(25)17-18-34-4)30(16-15-19(2)3)27(33)28-20-11-13-21(35-5)14-12-20/h7-14,19,24H,6,15-18H2,1-5H3,(H,28,33). The highest BCUT2D eigenvalue weighted by atomic mass is 32.2. The first-order chi connectivity index (χ1) is 16.9. The molecule has 0 spiro atoms. The number of amides is 2. The summed E-state index contributed by atoms with van der Waals surface area (Å²) in [6.07, 6.45) is 3.48. The zero-order valence-electron chi connectivity index (χ0n) is 21.3. The van der Waals surface area contributed by atoms with Gasteiger partial charge in [-0.2, -0.15) is 0 Å². The second-order valence-corrected chi connectivity index (χ2v) is 9.78. The molecule has 0 saturated heterocycles. The van der Waals surface area contributed by atoms with Crippen LogP contribution in [0.4, 0.5) is 10.5 Å². The lowest BCUT2D eigenvalue weighted by Crippen LogP contribution is -2.42. The van der Waals surface area contributed by atoms with E-state index in [4.69, 9.17) is 9.72 Å². The molecule has 3 aromatic rings. The first kappa shape index (κ1) is 26.8. The topological polar surface area (TPSA) is 76.5 Å². The number of rotatable bonds is 11. The normalized spacial score (nSPS) is 12.2. The smallest absolute Gasteiger partial charge is 0.322 e. The van der Waals surface area contributed by atoms with Crippen molar-refractivity contribution in [2.24, 2.45) is 5.92 Å². The van der Waals surface area contributed by atoms with E-state index >= 15 is 0 Å². The monoisotopic (exact) mass is 496 g/mol. The van der Waals surface area contributed by atoms with Crippen LogP contribution in [0.2, 0.25) is 0 Å². The molecular formula is C27H36N4O3S. The van der Waals surface area contributed by atoms with Crippen LogP contribution in [0.15, 0.2) is 58.2 Å². The number of para-hydroxylation sites is 1. The van der Waals surface area contributed by atoms with Crippen LogP contribution in [0.25, 0.3) is 10.9 Å². The molecule has 7 nitrogen and oxygen atoms in total. The van der Waals surface area contributed by atoms with Crippen molar-refractivity contribution in [3.05, 3.63) is 64.7 Å². The maximum Gasteiger partial charge on any atom is 0.322 e. The summed E-state index contributed by atoms with van der Waals surface area (Å²) in [6, 6.07) is 14.6. The molecule has 3 rings (SSSR count). The lowest BCUT2D eigenvalue weighted by atomic mass is 10.1. The van der Waals surface area contributed by atoms with E-state index in [0.29, 0.717) is 48.8 Å². The van der Waals surface area contributed by atoms with Gasteiger partial charge in [-0.1, -0.05) is 32.9 Å². The van der Waals surface area contributed by atoms with Gasteiger partial charge in [0.1, 0.15) is 5.82 Å². The summed E-state index contributed by atoms with van der Waals surface area (Å²) in [5.41, 5.74) is 1.26. The number of fused-ring (bicyclic) bond motifs is 1. The van der Waals surface area contributed by atoms with Crippen molar-refractivity contribution in [2.45, 2.75) is 51.1 Å². The van der Waals surface area contributed by atoms with E-state index in [0.717, 1.165) is 17.0 Å². The zero-order chi connectivity index (χ0) is 25.4. The Bertz CT molecular complexity index is 1180. The van der Waals surface area contributed by atoms with E-state index in [-0.39, 0.29) is 17.6 Å². The van der Waals surface area contributed by atoms with Crippen molar-refractivity contribution >= 4 is 34.4 Å². The highest BCUT2D eigenvalue weighted by Crippen LogP contribution is 2.26. The summed E-state index contributed by atoms with van der Waals surface area (Å²) in [6.45, 7) is 7.60. The molecule has 8 heteroatoms. The van der Waals surface area contributed by atoms with E-state index in [9.17, 15) is 9.59 Å². The number of hydrogen-bond donors (Lipinski definition) is 1. The predicted molar refractivity (Wildman–Crippen MR) is 144 cm³/mol. The van der Waals surface area contributed by atoms with Crippen molar-refractivity contribution in [1.29, 1.82) is 0 Å². The van der Waals surface area contributed by atoms with Gasteiger partial charge in [0.05, 0.1) is 30.1 Å². The maximum atomic E-state index is 13.6. The molecule has 1 unspecified atom stereocenters. The summed E-state index contributed by atoms with van der Waals surface area (Å²) >= 11 is 1.66. The van der Waals surface area contributed by atoms with Crippen LogP contribution >= 0.6 is 11.8 Å². The molecule has 0 saturated carbocycles. The zero-order valence-corrected chi connectivity index (χ0v) is 22.1. The number of urea groups is 1. The molecule has 1 atom stereocenters. The van der Waals surface area contributed by atoms with Crippen molar-refractivity contribution in [2.75, 3.05) is 31.8 Å². The molecule has 1 heterocycles. The first-order valence-electron chi connectivity index (χ1n) is 12.1. The Kier molecular flexibility index (Phi) is 9.74. The predicted octanol–water partition coefficient (Wildman–Crippen LogP) is 5.80. The van der Waals surface area contributed by atoms with Crippen molar-refractivity contribution in [3.63, 3.8) is 0 Å². The Morgan fingerprint density at radius 1 is 1.17 bits per heavy atom. The molecule has 0 aliphatic carbocycles. The molecular weight excluding hydrogens is 460 g/mol. The Hall–Kier alpha value is -2.84. The molecule has 35 heavy (non-hydrogen) atoms. The van der Waals surface area contributed by atoms with Crippen LogP contribution in [-0.4, -0.2) is 47.0 Å². The summed E-state index contributed by atoms with van der Waals surface area (Å²) < 4.78 is 6.95. The lowest BCUT2D eigenvalue weighted by Gasteiger charge is -2.33. The van der Waals surface area contributed by atoms with Crippen LogP contribution < -0.4 is 10.9 Å². The Morgan fingerprint density at radius 2 is 1.89 bits per heavy atom. The fourth-order valence-electron chi connectivity index (χ4n) is 4.05. The molecule has 0 radical (unpaired) electrons. The summed E-state index contributed by atoms with van der Waals surface area (Å²) in [5, 5.41) is 3.62. The van der Waals surface area contributed by atoms with Crippen LogP contribution in [-0.2, 0) is 11.3 Å². The fourth-order valence-corrected chi connectivity index (χ4v) is 4.45. The summed E-state index contributed by atoms with van der Waals surface area (Å²) in [7, 11) is 1.61. The number of carbonyl (C=O) groups excluding carboxylic acids is 1. The van der Waals surface area contributed by atoms with Gasteiger partial charge in [0.2, 0.25) is 0 Å². The van der Waals surface area contributed by atoms with E-state index in [1.165, 1.54) is 0 Å².